The Morgan fingerprint density at radius 1 is 0.889 bits per heavy atom. The molecule has 2 aromatic carbocycles. The number of benzene rings is 2. The molecule has 0 radical (unpaired) electrons. The standard InChI is InChI=1S/C17H17N/c18-17-9-7-13(8-10-17)5-6-14-11-15-3-1-2-4-16(15)12-14/h1-10,14H,11-12,18H2/b6-5+. The molecule has 0 bridgehead atoms. The van der Waals surface area contributed by atoms with Crippen LogP contribution in [-0.2, 0) is 12.8 Å². The van der Waals surface area contributed by atoms with Gasteiger partial charge in [-0.2, -0.15) is 0 Å². The van der Waals surface area contributed by atoms with Crippen LogP contribution in [0.2, 0.25) is 0 Å². The molecular weight excluding hydrogens is 218 g/mol. The second kappa shape index (κ2) is 4.69. The monoisotopic (exact) mass is 235 g/mol. The van der Waals surface area contributed by atoms with Crippen molar-refractivity contribution < 1.29 is 0 Å². The Kier molecular flexibility index (Phi) is 2.89. The van der Waals surface area contributed by atoms with E-state index in [1.807, 2.05) is 12.1 Å². The van der Waals surface area contributed by atoms with Gasteiger partial charge < -0.3 is 5.73 Å². The zero-order chi connectivity index (χ0) is 12.4. The summed E-state index contributed by atoms with van der Waals surface area (Å²) in [5, 5.41) is 0. The van der Waals surface area contributed by atoms with Crippen molar-refractivity contribution >= 4 is 11.8 Å². The number of nitrogens with two attached hydrogens (primary N) is 1. The SMILES string of the molecule is Nc1ccc(/C=C/C2Cc3ccccc3C2)cc1. The Labute approximate surface area is 108 Å². The number of hydrogen-bond donors (Lipinski definition) is 1. The molecule has 0 aromatic heterocycles. The molecule has 0 unspecified atom stereocenters. The lowest BCUT2D eigenvalue weighted by Crippen LogP contribution is -1.93. The van der Waals surface area contributed by atoms with Crippen molar-refractivity contribution in [2.24, 2.45) is 5.92 Å². The number of nitrogen functional groups attached to an aromatic ring is 1. The maximum Gasteiger partial charge on any atom is 0.0314 e. The molecule has 1 nitrogen and oxygen atoms in total. The van der Waals surface area contributed by atoms with Crippen molar-refractivity contribution in [2.75, 3.05) is 5.73 Å². The van der Waals surface area contributed by atoms with Crippen molar-refractivity contribution in [3.05, 3.63) is 71.3 Å². The maximum atomic E-state index is 5.68. The third-order valence-electron chi connectivity index (χ3n) is 3.58. The molecule has 0 fully saturated rings. The number of anilines is 1. The predicted octanol–water partition coefficient (Wildman–Crippen LogP) is 3.70. The van der Waals surface area contributed by atoms with Crippen molar-refractivity contribution in [3.8, 4) is 0 Å². The quantitative estimate of drug-likeness (QED) is 0.789. The van der Waals surface area contributed by atoms with Crippen LogP contribution < -0.4 is 5.73 Å². The minimum atomic E-state index is 0.639. The summed E-state index contributed by atoms with van der Waals surface area (Å²) in [5.41, 5.74) is 10.7. The highest BCUT2D eigenvalue weighted by atomic mass is 14.5. The van der Waals surface area contributed by atoms with Gasteiger partial charge in [0.15, 0.2) is 0 Å². The van der Waals surface area contributed by atoms with E-state index in [1.54, 1.807) is 0 Å². The van der Waals surface area contributed by atoms with Crippen LogP contribution in [0.4, 0.5) is 5.69 Å². The number of fused-ring (bicyclic) bond motifs is 1. The predicted molar refractivity (Wildman–Crippen MR) is 77.2 cm³/mol. The number of rotatable bonds is 2. The Bertz CT molecular complexity index is 541. The highest BCUT2D eigenvalue weighted by Crippen LogP contribution is 2.27. The van der Waals surface area contributed by atoms with Gasteiger partial charge in [0.1, 0.15) is 0 Å². The lowest BCUT2D eigenvalue weighted by molar-refractivity contribution is 0.707. The minimum Gasteiger partial charge on any atom is -0.399 e. The van der Waals surface area contributed by atoms with Gasteiger partial charge in [-0.15, -0.1) is 0 Å². The molecule has 1 heteroatoms. The van der Waals surface area contributed by atoms with Gasteiger partial charge in [-0.3, -0.25) is 0 Å². The Balaban J connectivity index is 1.71. The zero-order valence-corrected chi connectivity index (χ0v) is 10.3. The average molecular weight is 235 g/mol. The summed E-state index contributed by atoms with van der Waals surface area (Å²) in [5.74, 6) is 0.639. The Morgan fingerprint density at radius 3 is 2.11 bits per heavy atom. The summed E-state index contributed by atoms with van der Waals surface area (Å²) in [6.45, 7) is 0. The zero-order valence-electron chi connectivity index (χ0n) is 10.3. The minimum absolute atomic E-state index is 0.639. The normalized spacial score (nSPS) is 15.1. The van der Waals surface area contributed by atoms with Gasteiger partial charge in [-0.1, -0.05) is 48.6 Å². The first-order valence-corrected chi connectivity index (χ1v) is 6.42. The highest BCUT2D eigenvalue weighted by Gasteiger charge is 2.17. The molecule has 1 aliphatic carbocycles. The molecule has 2 N–H and O–H groups in total. The van der Waals surface area contributed by atoms with Crippen LogP contribution in [0.1, 0.15) is 16.7 Å². The fraction of sp³-hybridized carbons (Fsp3) is 0.176. The molecule has 18 heavy (non-hydrogen) atoms. The fourth-order valence-corrected chi connectivity index (χ4v) is 2.58. The number of allylic oxidation sites excluding steroid dienone is 1. The van der Waals surface area contributed by atoms with E-state index in [1.165, 1.54) is 29.5 Å². The Morgan fingerprint density at radius 2 is 1.50 bits per heavy atom. The third-order valence-corrected chi connectivity index (χ3v) is 3.58. The van der Waals surface area contributed by atoms with E-state index in [-0.39, 0.29) is 0 Å². The first-order chi connectivity index (χ1) is 8.81. The topological polar surface area (TPSA) is 26.0 Å². The largest absolute Gasteiger partial charge is 0.399 e. The van der Waals surface area contributed by atoms with Crippen LogP contribution in [0.3, 0.4) is 0 Å². The number of hydrogen-bond acceptors (Lipinski definition) is 1. The van der Waals surface area contributed by atoms with Gasteiger partial charge in [0.25, 0.3) is 0 Å². The van der Waals surface area contributed by atoms with Crippen LogP contribution >= 0.6 is 0 Å². The first kappa shape index (κ1) is 11.1. The molecule has 2 aromatic rings. The smallest absolute Gasteiger partial charge is 0.0314 e. The van der Waals surface area contributed by atoms with Crippen LogP contribution in [-0.4, -0.2) is 0 Å². The van der Waals surface area contributed by atoms with Gasteiger partial charge in [0, 0.05) is 5.69 Å². The average Bonchev–Trinajstić information content (AvgIpc) is 2.81. The first-order valence-electron chi connectivity index (χ1n) is 6.42. The van der Waals surface area contributed by atoms with Crippen molar-refractivity contribution in [1.82, 2.24) is 0 Å². The van der Waals surface area contributed by atoms with Crippen LogP contribution in [0.25, 0.3) is 6.08 Å². The second-order valence-corrected chi connectivity index (χ2v) is 4.96. The molecule has 1 aliphatic rings. The van der Waals surface area contributed by atoms with Crippen molar-refractivity contribution in [1.29, 1.82) is 0 Å². The summed E-state index contributed by atoms with van der Waals surface area (Å²) in [6, 6.07) is 16.8. The third kappa shape index (κ3) is 2.30. The lowest BCUT2D eigenvalue weighted by atomic mass is 10.0. The molecule has 0 saturated heterocycles. The second-order valence-electron chi connectivity index (χ2n) is 4.96. The molecule has 0 heterocycles. The molecule has 0 spiro atoms. The van der Waals surface area contributed by atoms with Gasteiger partial charge in [0.2, 0.25) is 0 Å². The summed E-state index contributed by atoms with van der Waals surface area (Å²) in [7, 11) is 0. The molecule has 0 saturated carbocycles. The molecule has 0 aliphatic heterocycles. The van der Waals surface area contributed by atoms with Crippen LogP contribution in [0, 0.1) is 5.92 Å². The Hall–Kier alpha value is -2.02. The van der Waals surface area contributed by atoms with E-state index in [4.69, 9.17) is 5.73 Å². The fourth-order valence-electron chi connectivity index (χ4n) is 2.58. The van der Waals surface area contributed by atoms with E-state index in [0.29, 0.717) is 5.92 Å². The molecular formula is C17H17N. The molecule has 0 atom stereocenters. The van der Waals surface area contributed by atoms with Crippen molar-refractivity contribution in [3.63, 3.8) is 0 Å². The van der Waals surface area contributed by atoms with E-state index < -0.39 is 0 Å². The highest BCUT2D eigenvalue weighted by molar-refractivity contribution is 5.54. The van der Waals surface area contributed by atoms with Crippen LogP contribution in [0.5, 0.6) is 0 Å². The van der Waals surface area contributed by atoms with E-state index >= 15 is 0 Å². The van der Waals surface area contributed by atoms with E-state index in [9.17, 15) is 0 Å². The summed E-state index contributed by atoms with van der Waals surface area (Å²) >= 11 is 0. The lowest BCUT2D eigenvalue weighted by Gasteiger charge is -2.01. The van der Waals surface area contributed by atoms with Crippen LogP contribution in [0.15, 0.2) is 54.6 Å². The van der Waals surface area contributed by atoms with Gasteiger partial charge in [-0.25, -0.2) is 0 Å². The van der Waals surface area contributed by atoms with E-state index in [0.717, 1.165) is 5.69 Å². The van der Waals surface area contributed by atoms with Gasteiger partial charge >= 0.3 is 0 Å². The summed E-state index contributed by atoms with van der Waals surface area (Å²) < 4.78 is 0. The summed E-state index contributed by atoms with van der Waals surface area (Å²) in [6.07, 6.45) is 6.87. The van der Waals surface area contributed by atoms with Gasteiger partial charge in [-0.05, 0) is 47.6 Å². The molecule has 90 valence electrons. The van der Waals surface area contributed by atoms with E-state index in [2.05, 4.69) is 48.6 Å². The molecule has 0 amide bonds. The molecule has 3 rings (SSSR count). The van der Waals surface area contributed by atoms with Gasteiger partial charge in [0.05, 0.1) is 0 Å². The summed E-state index contributed by atoms with van der Waals surface area (Å²) in [4.78, 5) is 0. The van der Waals surface area contributed by atoms with Crippen molar-refractivity contribution in [2.45, 2.75) is 12.8 Å². The maximum absolute atomic E-state index is 5.68.